The molecule has 1 rings (SSSR count). The van der Waals surface area contributed by atoms with Gasteiger partial charge in [-0.3, -0.25) is 4.90 Å². The van der Waals surface area contributed by atoms with Crippen LogP contribution < -0.4 is 5.73 Å². The molecule has 3 heteroatoms. The van der Waals surface area contributed by atoms with Gasteiger partial charge in [0, 0.05) is 25.2 Å². The van der Waals surface area contributed by atoms with Crippen LogP contribution in [0.1, 0.15) is 66.7 Å². The van der Waals surface area contributed by atoms with E-state index in [4.69, 9.17) is 10.5 Å². The Morgan fingerprint density at radius 1 is 1.20 bits per heavy atom. The van der Waals surface area contributed by atoms with Crippen LogP contribution in [0.25, 0.3) is 0 Å². The van der Waals surface area contributed by atoms with Crippen LogP contribution in [0.5, 0.6) is 0 Å². The molecule has 120 valence electrons. The minimum absolute atomic E-state index is 0.00103. The molecule has 1 heterocycles. The van der Waals surface area contributed by atoms with Crippen molar-refractivity contribution in [3.05, 3.63) is 0 Å². The number of nitrogens with two attached hydrogens (primary N) is 1. The Morgan fingerprint density at radius 3 is 2.30 bits per heavy atom. The molecular weight excluding hydrogens is 248 g/mol. The summed E-state index contributed by atoms with van der Waals surface area (Å²) in [6.07, 6.45) is 5.73. The van der Waals surface area contributed by atoms with Gasteiger partial charge in [-0.1, -0.05) is 40.5 Å². The summed E-state index contributed by atoms with van der Waals surface area (Å²) in [5.74, 6) is 0.786. The minimum Gasteiger partial charge on any atom is -0.375 e. The highest BCUT2D eigenvalue weighted by Gasteiger charge is 2.45. The second-order valence-corrected chi connectivity index (χ2v) is 6.73. The molecule has 1 aliphatic rings. The third-order valence-electron chi connectivity index (χ3n) is 5.53. The molecule has 2 atom stereocenters. The average molecular weight is 284 g/mol. The average Bonchev–Trinajstić information content (AvgIpc) is 2.48. The van der Waals surface area contributed by atoms with Crippen molar-refractivity contribution in [1.29, 1.82) is 0 Å². The van der Waals surface area contributed by atoms with Crippen LogP contribution >= 0.6 is 0 Å². The lowest BCUT2D eigenvalue weighted by atomic mass is 9.77. The topological polar surface area (TPSA) is 38.5 Å². The summed E-state index contributed by atoms with van der Waals surface area (Å²) in [5.41, 5.74) is 6.39. The van der Waals surface area contributed by atoms with Gasteiger partial charge in [0.1, 0.15) is 0 Å². The van der Waals surface area contributed by atoms with E-state index in [1.54, 1.807) is 0 Å². The lowest BCUT2D eigenvalue weighted by molar-refractivity contribution is -0.130. The van der Waals surface area contributed by atoms with Gasteiger partial charge in [0.2, 0.25) is 0 Å². The van der Waals surface area contributed by atoms with E-state index in [1.165, 1.54) is 19.4 Å². The summed E-state index contributed by atoms with van der Waals surface area (Å²) in [7, 11) is 0. The third kappa shape index (κ3) is 3.96. The number of rotatable bonds is 8. The molecule has 0 aromatic heterocycles. The first-order valence-electron chi connectivity index (χ1n) is 8.58. The van der Waals surface area contributed by atoms with E-state index in [9.17, 15) is 0 Å². The van der Waals surface area contributed by atoms with Crippen LogP contribution in [0.2, 0.25) is 0 Å². The van der Waals surface area contributed by atoms with Crippen LogP contribution in [-0.2, 0) is 4.74 Å². The maximum absolute atomic E-state index is 6.25. The molecule has 2 unspecified atom stereocenters. The zero-order valence-corrected chi connectivity index (χ0v) is 14.4. The van der Waals surface area contributed by atoms with Crippen LogP contribution in [0.15, 0.2) is 0 Å². The quantitative estimate of drug-likeness (QED) is 0.742. The van der Waals surface area contributed by atoms with Gasteiger partial charge in [-0.15, -0.1) is 0 Å². The highest BCUT2D eigenvalue weighted by atomic mass is 16.5. The number of hydrogen-bond donors (Lipinski definition) is 1. The second kappa shape index (κ2) is 7.77. The number of hydrogen-bond acceptors (Lipinski definition) is 3. The molecule has 3 nitrogen and oxygen atoms in total. The Labute approximate surface area is 126 Å². The smallest absolute Gasteiger partial charge is 0.0670 e. The molecule has 0 saturated carbocycles. The molecule has 2 N–H and O–H groups in total. The molecule has 1 aliphatic heterocycles. The Bertz CT molecular complexity index is 280. The molecule has 0 bridgehead atoms. The van der Waals surface area contributed by atoms with E-state index in [0.29, 0.717) is 0 Å². The van der Waals surface area contributed by atoms with Crippen molar-refractivity contribution < 1.29 is 4.74 Å². The zero-order valence-electron chi connectivity index (χ0n) is 14.4. The van der Waals surface area contributed by atoms with Crippen molar-refractivity contribution in [3.63, 3.8) is 0 Å². The fourth-order valence-electron chi connectivity index (χ4n) is 3.64. The van der Waals surface area contributed by atoms with Crippen LogP contribution in [0, 0.1) is 5.92 Å². The maximum Gasteiger partial charge on any atom is 0.0670 e. The molecule has 20 heavy (non-hydrogen) atoms. The van der Waals surface area contributed by atoms with Gasteiger partial charge in [0.15, 0.2) is 0 Å². The molecule has 0 spiro atoms. The number of ether oxygens (including phenoxy) is 1. The molecule has 0 aromatic rings. The predicted octanol–water partition coefficient (Wildman–Crippen LogP) is 3.42. The fraction of sp³-hybridized carbons (Fsp3) is 1.00. The first kappa shape index (κ1) is 17.9. The first-order chi connectivity index (χ1) is 9.49. The van der Waals surface area contributed by atoms with Gasteiger partial charge >= 0.3 is 0 Å². The van der Waals surface area contributed by atoms with Gasteiger partial charge in [-0.25, -0.2) is 0 Å². The van der Waals surface area contributed by atoms with Crippen molar-refractivity contribution in [2.24, 2.45) is 11.7 Å². The fourth-order valence-corrected chi connectivity index (χ4v) is 3.64. The van der Waals surface area contributed by atoms with E-state index >= 15 is 0 Å². The lowest BCUT2D eigenvalue weighted by Crippen LogP contribution is -2.61. The van der Waals surface area contributed by atoms with Crippen molar-refractivity contribution in [2.75, 3.05) is 26.2 Å². The van der Waals surface area contributed by atoms with Gasteiger partial charge in [0.25, 0.3) is 0 Å². The summed E-state index contributed by atoms with van der Waals surface area (Å²) >= 11 is 0. The molecule has 1 fully saturated rings. The zero-order chi connectivity index (χ0) is 15.2. The molecule has 0 radical (unpaired) electrons. The van der Waals surface area contributed by atoms with Crippen molar-refractivity contribution >= 4 is 0 Å². The third-order valence-corrected chi connectivity index (χ3v) is 5.53. The van der Waals surface area contributed by atoms with Gasteiger partial charge in [0.05, 0.1) is 5.60 Å². The van der Waals surface area contributed by atoms with E-state index in [2.05, 4.69) is 39.5 Å². The van der Waals surface area contributed by atoms with Crippen molar-refractivity contribution in [3.8, 4) is 0 Å². The summed E-state index contributed by atoms with van der Waals surface area (Å²) in [4.78, 5) is 2.65. The van der Waals surface area contributed by atoms with Gasteiger partial charge < -0.3 is 10.5 Å². The minimum atomic E-state index is -0.00103. The molecule has 1 saturated heterocycles. The molecule has 0 aromatic carbocycles. The van der Waals surface area contributed by atoms with Crippen LogP contribution in [0.4, 0.5) is 0 Å². The van der Waals surface area contributed by atoms with Crippen LogP contribution in [-0.4, -0.2) is 42.3 Å². The number of likely N-dealkylation sites (N-methyl/N-ethyl adjacent to an activating group) is 1. The van der Waals surface area contributed by atoms with Crippen LogP contribution in [0.3, 0.4) is 0 Å². The van der Waals surface area contributed by atoms with Crippen molar-refractivity contribution in [2.45, 2.75) is 77.9 Å². The highest BCUT2D eigenvalue weighted by Crippen LogP contribution is 2.38. The van der Waals surface area contributed by atoms with E-state index in [0.717, 1.165) is 44.9 Å². The highest BCUT2D eigenvalue weighted by molar-refractivity contribution is 5.00. The largest absolute Gasteiger partial charge is 0.375 e. The molecule has 0 aliphatic carbocycles. The lowest BCUT2D eigenvalue weighted by Gasteiger charge is -2.52. The monoisotopic (exact) mass is 284 g/mol. The van der Waals surface area contributed by atoms with Crippen molar-refractivity contribution in [1.82, 2.24) is 4.90 Å². The predicted molar refractivity (Wildman–Crippen MR) is 87.0 cm³/mol. The summed E-state index contributed by atoms with van der Waals surface area (Å²) < 4.78 is 6.04. The number of nitrogens with zero attached hydrogens (tertiary/aromatic N) is 1. The van der Waals surface area contributed by atoms with Gasteiger partial charge in [-0.2, -0.15) is 0 Å². The van der Waals surface area contributed by atoms with E-state index < -0.39 is 0 Å². The molecule has 0 amide bonds. The SMILES string of the molecule is CCC(CC)CN(CC)C1(CN)CCOC(C)(CC)C1. The Kier molecular flexibility index (Phi) is 6.96. The van der Waals surface area contributed by atoms with E-state index in [-0.39, 0.29) is 11.1 Å². The normalized spacial score (nSPS) is 31.2. The summed E-state index contributed by atoms with van der Waals surface area (Å²) in [6, 6.07) is 0. The second-order valence-electron chi connectivity index (χ2n) is 6.73. The summed E-state index contributed by atoms with van der Waals surface area (Å²) in [6.45, 7) is 15.2. The summed E-state index contributed by atoms with van der Waals surface area (Å²) in [5, 5.41) is 0. The maximum atomic E-state index is 6.25. The Morgan fingerprint density at radius 2 is 1.85 bits per heavy atom. The first-order valence-corrected chi connectivity index (χ1v) is 8.58. The molecular formula is C17H36N2O. The Balaban J connectivity index is 2.88. The standard InChI is InChI=1S/C17H36N2O/c1-6-15(7-2)12-19(9-4)17(14-18)10-11-20-16(5,8-3)13-17/h15H,6-14,18H2,1-5H3. The van der Waals surface area contributed by atoms with Gasteiger partial charge in [-0.05, 0) is 38.6 Å². The Hall–Kier alpha value is -0.120. The van der Waals surface area contributed by atoms with E-state index in [1.807, 2.05) is 0 Å².